The lowest BCUT2D eigenvalue weighted by atomic mass is 9.93. The van der Waals surface area contributed by atoms with Gasteiger partial charge in [0.05, 0.1) is 0 Å². The normalized spacial score (nSPS) is 22.4. The van der Waals surface area contributed by atoms with Gasteiger partial charge in [-0.1, -0.05) is 30.2 Å². The van der Waals surface area contributed by atoms with E-state index in [0.717, 1.165) is 13.0 Å². The van der Waals surface area contributed by atoms with Gasteiger partial charge in [-0.2, -0.15) is 0 Å². The molecule has 1 aromatic rings. The van der Waals surface area contributed by atoms with Gasteiger partial charge in [0.2, 0.25) is 0 Å². The first-order valence-electron chi connectivity index (χ1n) is 7.66. The Balaban J connectivity index is 2.20. The van der Waals surface area contributed by atoms with Crippen LogP contribution in [0, 0.1) is 13.8 Å². The lowest BCUT2D eigenvalue weighted by Gasteiger charge is -2.40. The van der Waals surface area contributed by atoms with Crippen LogP contribution in [0.15, 0.2) is 18.2 Å². The molecule has 1 aromatic carbocycles. The zero-order chi connectivity index (χ0) is 13.8. The Hall–Kier alpha value is -0.860. The van der Waals surface area contributed by atoms with Crippen molar-refractivity contribution in [1.82, 2.24) is 4.90 Å². The van der Waals surface area contributed by atoms with Crippen LogP contribution in [0.3, 0.4) is 0 Å². The van der Waals surface area contributed by atoms with Crippen LogP contribution in [0.5, 0.6) is 0 Å². The van der Waals surface area contributed by atoms with Gasteiger partial charge in [0.15, 0.2) is 0 Å². The molecule has 0 aliphatic carbocycles. The third kappa shape index (κ3) is 3.37. The Morgan fingerprint density at radius 2 is 2.11 bits per heavy atom. The second-order valence-electron chi connectivity index (χ2n) is 6.00. The van der Waals surface area contributed by atoms with E-state index >= 15 is 0 Å². The Morgan fingerprint density at radius 1 is 1.32 bits per heavy atom. The molecule has 2 nitrogen and oxygen atoms in total. The molecule has 0 saturated carbocycles. The van der Waals surface area contributed by atoms with E-state index < -0.39 is 0 Å². The highest BCUT2D eigenvalue weighted by Crippen LogP contribution is 2.31. The van der Waals surface area contributed by atoms with E-state index in [2.05, 4.69) is 43.9 Å². The zero-order valence-electron chi connectivity index (χ0n) is 12.7. The molecule has 2 unspecified atom stereocenters. The van der Waals surface area contributed by atoms with Crippen molar-refractivity contribution in [1.29, 1.82) is 0 Å². The summed E-state index contributed by atoms with van der Waals surface area (Å²) < 4.78 is 0. The smallest absolute Gasteiger partial charge is 0.0325 e. The molecule has 0 amide bonds. The third-order valence-electron chi connectivity index (χ3n) is 4.55. The number of aryl methyl sites for hydroxylation is 2. The van der Waals surface area contributed by atoms with E-state index in [9.17, 15) is 0 Å². The van der Waals surface area contributed by atoms with Crippen LogP contribution < -0.4 is 5.73 Å². The van der Waals surface area contributed by atoms with Crippen molar-refractivity contribution in [2.24, 2.45) is 5.73 Å². The van der Waals surface area contributed by atoms with Crippen molar-refractivity contribution in [2.45, 2.75) is 58.5 Å². The molecular formula is C17H28N2. The summed E-state index contributed by atoms with van der Waals surface area (Å²) >= 11 is 0. The molecule has 106 valence electrons. The molecule has 0 spiro atoms. The number of nitrogens with two attached hydrogens (primary N) is 1. The third-order valence-corrected chi connectivity index (χ3v) is 4.55. The highest BCUT2D eigenvalue weighted by Gasteiger charge is 2.27. The second-order valence-corrected chi connectivity index (χ2v) is 6.00. The van der Waals surface area contributed by atoms with Gasteiger partial charge in [0.1, 0.15) is 0 Å². The number of hydrogen-bond acceptors (Lipinski definition) is 2. The van der Waals surface area contributed by atoms with Gasteiger partial charge in [-0.25, -0.2) is 0 Å². The Morgan fingerprint density at radius 3 is 2.84 bits per heavy atom. The van der Waals surface area contributed by atoms with Crippen molar-refractivity contribution < 1.29 is 0 Å². The van der Waals surface area contributed by atoms with Gasteiger partial charge in [-0.05, 0) is 64.3 Å². The monoisotopic (exact) mass is 260 g/mol. The average molecular weight is 260 g/mol. The molecule has 2 heteroatoms. The van der Waals surface area contributed by atoms with Crippen LogP contribution in [-0.4, -0.2) is 24.0 Å². The van der Waals surface area contributed by atoms with E-state index in [1.54, 1.807) is 0 Å². The molecule has 1 aliphatic heterocycles. The number of nitrogens with zero attached hydrogens (tertiary/aromatic N) is 1. The van der Waals surface area contributed by atoms with E-state index in [1.807, 2.05) is 0 Å². The Bertz CT molecular complexity index is 412. The van der Waals surface area contributed by atoms with Crippen LogP contribution >= 0.6 is 0 Å². The molecule has 2 N–H and O–H groups in total. The number of likely N-dealkylation sites (tertiary alicyclic amines) is 1. The van der Waals surface area contributed by atoms with Gasteiger partial charge in [-0.3, -0.25) is 4.90 Å². The molecule has 19 heavy (non-hydrogen) atoms. The maximum absolute atomic E-state index is 5.79. The predicted octanol–water partition coefficient (Wildman–Crippen LogP) is 3.57. The van der Waals surface area contributed by atoms with Crippen molar-refractivity contribution in [3.63, 3.8) is 0 Å². The first kappa shape index (κ1) is 14.5. The standard InChI is InChI=1S/C17H28N2/c1-13-7-8-14(2)17(12-13)15(3)19-11-5-4-6-16(19)9-10-18/h7-8,12,15-16H,4-6,9-11,18H2,1-3H3. The minimum atomic E-state index is 0.511. The largest absolute Gasteiger partial charge is 0.330 e. The molecule has 2 atom stereocenters. The van der Waals surface area contributed by atoms with Crippen LogP contribution in [0.1, 0.15) is 55.3 Å². The molecule has 1 heterocycles. The first-order valence-corrected chi connectivity index (χ1v) is 7.66. The Kier molecular flexibility index (Phi) is 5.00. The van der Waals surface area contributed by atoms with Crippen molar-refractivity contribution in [3.05, 3.63) is 34.9 Å². The number of benzene rings is 1. The van der Waals surface area contributed by atoms with E-state index in [1.165, 1.54) is 42.5 Å². The lowest BCUT2D eigenvalue weighted by molar-refractivity contribution is 0.0981. The van der Waals surface area contributed by atoms with Crippen molar-refractivity contribution >= 4 is 0 Å². The number of piperidine rings is 1. The zero-order valence-corrected chi connectivity index (χ0v) is 12.7. The summed E-state index contributed by atoms with van der Waals surface area (Å²) in [7, 11) is 0. The minimum Gasteiger partial charge on any atom is -0.330 e. The van der Waals surface area contributed by atoms with E-state index in [4.69, 9.17) is 5.73 Å². The SMILES string of the molecule is Cc1ccc(C)c(C(C)N2CCCCC2CCN)c1. The molecule has 0 radical (unpaired) electrons. The van der Waals surface area contributed by atoms with Gasteiger partial charge < -0.3 is 5.73 Å². The van der Waals surface area contributed by atoms with Crippen LogP contribution in [0.2, 0.25) is 0 Å². The number of rotatable bonds is 4. The van der Waals surface area contributed by atoms with E-state index in [0.29, 0.717) is 12.1 Å². The fourth-order valence-electron chi connectivity index (χ4n) is 3.42. The second kappa shape index (κ2) is 6.53. The molecule has 1 aliphatic rings. The summed E-state index contributed by atoms with van der Waals surface area (Å²) in [6, 6.07) is 8.00. The summed E-state index contributed by atoms with van der Waals surface area (Å²) in [6.45, 7) is 8.80. The topological polar surface area (TPSA) is 29.3 Å². The summed E-state index contributed by atoms with van der Waals surface area (Å²) in [6.07, 6.45) is 5.14. The van der Waals surface area contributed by atoms with Crippen LogP contribution in [0.25, 0.3) is 0 Å². The molecule has 1 saturated heterocycles. The minimum absolute atomic E-state index is 0.511. The fourth-order valence-corrected chi connectivity index (χ4v) is 3.42. The van der Waals surface area contributed by atoms with Crippen molar-refractivity contribution in [3.8, 4) is 0 Å². The summed E-state index contributed by atoms with van der Waals surface area (Å²) in [4.78, 5) is 2.68. The average Bonchev–Trinajstić information content (AvgIpc) is 2.42. The summed E-state index contributed by atoms with van der Waals surface area (Å²) in [5, 5.41) is 0. The molecular weight excluding hydrogens is 232 g/mol. The Labute approximate surface area is 118 Å². The van der Waals surface area contributed by atoms with Gasteiger partial charge >= 0.3 is 0 Å². The van der Waals surface area contributed by atoms with Crippen molar-refractivity contribution in [2.75, 3.05) is 13.1 Å². The first-order chi connectivity index (χ1) is 9.13. The highest BCUT2D eigenvalue weighted by atomic mass is 15.2. The summed E-state index contributed by atoms with van der Waals surface area (Å²) in [5.74, 6) is 0. The van der Waals surface area contributed by atoms with Gasteiger partial charge in [-0.15, -0.1) is 0 Å². The van der Waals surface area contributed by atoms with E-state index in [-0.39, 0.29) is 0 Å². The predicted molar refractivity (Wildman–Crippen MR) is 82.3 cm³/mol. The molecule has 2 rings (SSSR count). The fraction of sp³-hybridized carbons (Fsp3) is 0.647. The summed E-state index contributed by atoms with van der Waals surface area (Å²) in [5.41, 5.74) is 10.1. The maximum Gasteiger partial charge on any atom is 0.0325 e. The quantitative estimate of drug-likeness (QED) is 0.896. The lowest BCUT2D eigenvalue weighted by Crippen LogP contribution is -2.42. The molecule has 0 aromatic heterocycles. The van der Waals surface area contributed by atoms with Crippen LogP contribution in [-0.2, 0) is 0 Å². The maximum atomic E-state index is 5.79. The number of hydrogen-bond donors (Lipinski definition) is 1. The molecule has 1 fully saturated rings. The molecule has 0 bridgehead atoms. The van der Waals surface area contributed by atoms with Crippen LogP contribution in [0.4, 0.5) is 0 Å². The van der Waals surface area contributed by atoms with Gasteiger partial charge in [0, 0.05) is 12.1 Å². The highest BCUT2D eigenvalue weighted by molar-refractivity contribution is 5.32. The van der Waals surface area contributed by atoms with Gasteiger partial charge in [0.25, 0.3) is 0 Å².